The van der Waals surface area contributed by atoms with E-state index in [-0.39, 0.29) is 12.1 Å². The highest BCUT2D eigenvalue weighted by Gasteiger charge is 2.42. The van der Waals surface area contributed by atoms with Gasteiger partial charge in [-0.1, -0.05) is 36.4 Å². The van der Waals surface area contributed by atoms with Gasteiger partial charge in [0.15, 0.2) is 5.11 Å². The van der Waals surface area contributed by atoms with E-state index in [0.29, 0.717) is 10.8 Å². The van der Waals surface area contributed by atoms with E-state index >= 15 is 0 Å². The molecule has 3 heterocycles. The molecule has 0 bridgehead atoms. The lowest BCUT2D eigenvalue weighted by Crippen LogP contribution is -2.30. The summed E-state index contributed by atoms with van der Waals surface area (Å²) in [4.78, 5) is 6.72. The van der Waals surface area contributed by atoms with Crippen molar-refractivity contribution in [2.75, 3.05) is 15.9 Å². The number of rotatable bonds is 6. The van der Waals surface area contributed by atoms with E-state index in [0.717, 1.165) is 34.4 Å². The zero-order chi connectivity index (χ0) is 26.3. The summed E-state index contributed by atoms with van der Waals surface area (Å²) in [6.07, 6.45) is 4.98. The maximum absolute atomic E-state index is 11.7. The highest BCUT2D eigenvalue weighted by atomic mass is 32.2. The highest BCUT2D eigenvalue weighted by Crippen LogP contribution is 2.42. The summed E-state index contributed by atoms with van der Waals surface area (Å²) in [5.74, 6) is 0. The molecule has 1 aliphatic heterocycles. The Hall–Kier alpha value is -4.21. The van der Waals surface area contributed by atoms with Crippen LogP contribution in [0.5, 0.6) is 0 Å². The van der Waals surface area contributed by atoms with E-state index < -0.39 is 10.0 Å². The molecule has 0 radical (unpaired) electrons. The molecule has 1 aliphatic rings. The van der Waals surface area contributed by atoms with Gasteiger partial charge in [-0.25, -0.2) is 8.42 Å². The van der Waals surface area contributed by atoms with Gasteiger partial charge in [-0.15, -0.1) is 0 Å². The van der Waals surface area contributed by atoms with Crippen LogP contribution in [0.2, 0.25) is 0 Å². The van der Waals surface area contributed by atoms with Gasteiger partial charge in [-0.2, -0.15) is 0 Å². The lowest BCUT2D eigenvalue weighted by atomic mass is 10.0. The molecule has 1 fully saturated rings. The molecule has 9 heteroatoms. The molecule has 0 saturated carbocycles. The summed E-state index contributed by atoms with van der Waals surface area (Å²) in [5, 5.41) is 6.41. The van der Waals surface area contributed by atoms with Crippen LogP contribution in [0, 0.1) is 0 Å². The van der Waals surface area contributed by atoms with E-state index in [9.17, 15) is 8.42 Å². The summed E-state index contributed by atoms with van der Waals surface area (Å²) in [6, 6.07) is 31.6. The van der Waals surface area contributed by atoms with Gasteiger partial charge in [-0.05, 0) is 83.7 Å². The Morgan fingerprint density at radius 3 is 2.34 bits per heavy atom. The van der Waals surface area contributed by atoms with Crippen molar-refractivity contribution in [3.05, 3.63) is 121 Å². The van der Waals surface area contributed by atoms with Gasteiger partial charge in [0.05, 0.1) is 18.0 Å². The molecule has 5 aromatic rings. The van der Waals surface area contributed by atoms with Crippen LogP contribution in [0.3, 0.4) is 0 Å². The van der Waals surface area contributed by atoms with Crippen molar-refractivity contribution < 1.29 is 8.42 Å². The molecule has 0 aliphatic carbocycles. The zero-order valence-corrected chi connectivity index (χ0v) is 22.2. The molecule has 3 aromatic carbocycles. The number of anilines is 2. The first-order valence-corrected chi connectivity index (χ1v) is 14.4. The molecule has 1 saturated heterocycles. The maximum Gasteiger partial charge on any atom is 0.229 e. The predicted molar refractivity (Wildman–Crippen MR) is 156 cm³/mol. The van der Waals surface area contributed by atoms with Gasteiger partial charge in [0.2, 0.25) is 10.0 Å². The van der Waals surface area contributed by atoms with Crippen molar-refractivity contribution in [1.29, 1.82) is 0 Å². The van der Waals surface area contributed by atoms with Gasteiger partial charge in [0, 0.05) is 35.1 Å². The molecule has 2 aromatic heterocycles. The molecule has 38 heavy (non-hydrogen) atoms. The third-order valence-corrected chi connectivity index (χ3v) is 7.56. The number of benzene rings is 3. The molecular formula is C29H25N5O2S2. The fourth-order valence-electron chi connectivity index (χ4n) is 5.03. The van der Waals surface area contributed by atoms with Crippen molar-refractivity contribution >= 4 is 49.5 Å². The van der Waals surface area contributed by atoms with E-state index in [1.54, 1.807) is 18.3 Å². The van der Waals surface area contributed by atoms with E-state index in [1.807, 2.05) is 48.5 Å². The van der Waals surface area contributed by atoms with E-state index in [2.05, 4.69) is 67.1 Å². The minimum absolute atomic E-state index is 0.202. The minimum Gasteiger partial charge on any atom is -0.351 e. The number of fused-ring (bicyclic) bond motifs is 1. The summed E-state index contributed by atoms with van der Waals surface area (Å²) in [5.41, 5.74) is 4.31. The van der Waals surface area contributed by atoms with Crippen LogP contribution in [-0.4, -0.2) is 29.3 Å². The first kappa shape index (κ1) is 24.1. The lowest BCUT2D eigenvalue weighted by molar-refractivity contribution is 0.549. The Labute approximate surface area is 226 Å². The summed E-state index contributed by atoms with van der Waals surface area (Å²) >= 11 is 5.86. The summed E-state index contributed by atoms with van der Waals surface area (Å²) in [7, 11) is -3.38. The first-order valence-electron chi connectivity index (χ1n) is 12.1. The van der Waals surface area contributed by atoms with Crippen molar-refractivity contribution in [3.8, 4) is 5.69 Å². The Balaban J connectivity index is 1.46. The van der Waals surface area contributed by atoms with Gasteiger partial charge in [0.25, 0.3) is 0 Å². The average Bonchev–Trinajstić information content (AvgIpc) is 3.53. The van der Waals surface area contributed by atoms with Gasteiger partial charge < -0.3 is 14.8 Å². The zero-order valence-electron chi connectivity index (χ0n) is 20.5. The number of nitrogens with one attached hydrogen (secondary N) is 2. The van der Waals surface area contributed by atoms with Crippen molar-refractivity contribution in [2.45, 2.75) is 12.1 Å². The summed E-state index contributed by atoms with van der Waals surface area (Å²) < 4.78 is 28.1. The van der Waals surface area contributed by atoms with Gasteiger partial charge >= 0.3 is 0 Å². The molecule has 2 atom stereocenters. The number of hydrogen-bond donors (Lipinski definition) is 2. The molecule has 7 nitrogen and oxygen atoms in total. The first-order chi connectivity index (χ1) is 18.4. The number of sulfonamides is 1. The molecule has 6 rings (SSSR count). The van der Waals surface area contributed by atoms with E-state index in [4.69, 9.17) is 12.2 Å². The quantitative estimate of drug-likeness (QED) is 0.275. The third-order valence-electron chi connectivity index (χ3n) is 6.64. The largest absolute Gasteiger partial charge is 0.351 e. The Morgan fingerprint density at radius 1 is 0.868 bits per heavy atom. The van der Waals surface area contributed by atoms with Crippen LogP contribution < -0.4 is 14.9 Å². The molecule has 0 amide bonds. The second kappa shape index (κ2) is 9.59. The monoisotopic (exact) mass is 539 g/mol. The molecular weight excluding hydrogens is 514 g/mol. The number of aromatic nitrogens is 2. The van der Waals surface area contributed by atoms with Crippen molar-refractivity contribution in [2.24, 2.45) is 0 Å². The third kappa shape index (κ3) is 4.62. The van der Waals surface area contributed by atoms with Crippen LogP contribution >= 0.6 is 12.2 Å². The van der Waals surface area contributed by atoms with Crippen molar-refractivity contribution in [3.63, 3.8) is 0 Å². The second-order valence-corrected chi connectivity index (χ2v) is 11.4. The summed E-state index contributed by atoms with van der Waals surface area (Å²) in [6.45, 7) is 0. The fourth-order valence-corrected chi connectivity index (χ4v) is 5.94. The fraction of sp³-hybridized carbons (Fsp3) is 0.103. The Kier molecular flexibility index (Phi) is 6.09. The predicted octanol–water partition coefficient (Wildman–Crippen LogP) is 5.57. The Bertz CT molecular complexity index is 1730. The standard InChI is InChI=1S/C29H25N5O2S2/c1-38(35,36)32-22-12-15-23(16-13-22)34-28(27(31-29(34)37)25-9-4-5-17-30-25)26-10-6-18-33(26)24-14-11-20-7-2-3-8-21(20)19-24/h2-19,27-28,32H,1H3,(H,31,37)/t27-,28+/m0/s1. The minimum atomic E-state index is -3.38. The molecule has 2 N–H and O–H groups in total. The van der Waals surface area contributed by atoms with Crippen LogP contribution in [0.4, 0.5) is 11.4 Å². The second-order valence-electron chi connectivity index (χ2n) is 9.25. The highest BCUT2D eigenvalue weighted by molar-refractivity contribution is 7.92. The number of hydrogen-bond acceptors (Lipinski definition) is 4. The average molecular weight is 540 g/mol. The Morgan fingerprint density at radius 2 is 1.61 bits per heavy atom. The number of nitrogens with zero attached hydrogens (tertiary/aromatic N) is 3. The van der Waals surface area contributed by atoms with Crippen LogP contribution in [0.1, 0.15) is 23.5 Å². The smallest absolute Gasteiger partial charge is 0.229 e. The lowest BCUT2D eigenvalue weighted by Gasteiger charge is -2.29. The molecule has 0 unspecified atom stereocenters. The van der Waals surface area contributed by atoms with Crippen LogP contribution in [0.25, 0.3) is 16.5 Å². The molecule has 190 valence electrons. The molecule has 0 spiro atoms. The van der Waals surface area contributed by atoms with E-state index in [1.165, 1.54) is 5.39 Å². The SMILES string of the molecule is CS(=O)(=O)Nc1ccc(N2C(=S)N[C@@H](c3ccccn3)[C@H]2c2cccn2-c2ccc3ccccc3c2)cc1. The van der Waals surface area contributed by atoms with Gasteiger partial charge in [-0.3, -0.25) is 9.71 Å². The maximum atomic E-state index is 11.7. The van der Waals surface area contributed by atoms with Crippen molar-refractivity contribution in [1.82, 2.24) is 14.9 Å². The topological polar surface area (TPSA) is 79.3 Å². The van der Waals surface area contributed by atoms with Crippen LogP contribution in [0.15, 0.2) is 109 Å². The normalized spacial score (nSPS) is 17.5. The number of pyridine rings is 1. The number of thiocarbonyl (C=S) groups is 1. The van der Waals surface area contributed by atoms with Gasteiger partial charge in [0.1, 0.15) is 6.04 Å². The van der Waals surface area contributed by atoms with Crippen LogP contribution in [-0.2, 0) is 10.0 Å².